The number of rotatable bonds is 5. The van der Waals surface area contributed by atoms with Crippen LogP contribution in [0.15, 0.2) is 23.1 Å². The topological polar surface area (TPSA) is 86.7 Å². The summed E-state index contributed by atoms with van der Waals surface area (Å²) in [5.74, 6) is -0.0516. The van der Waals surface area contributed by atoms with Crippen molar-refractivity contribution >= 4 is 21.6 Å². The number of aliphatic hydroxyl groups excluding tert-OH is 1. The molecule has 0 radical (unpaired) electrons. The van der Waals surface area contributed by atoms with Gasteiger partial charge in [-0.1, -0.05) is 6.92 Å². The van der Waals surface area contributed by atoms with E-state index in [2.05, 4.69) is 4.72 Å². The first-order chi connectivity index (χ1) is 9.39. The van der Waals surface area contributed by atoms with Crippen LogP contribution in [0.3, 0.4) is 0 Å². The lowest BCUT2D eigenvalue weighted by Gasteiger charge is -2.15. The number of nitrogens with one attached hydrogen (secondary N) is 1. The summed E-state index contributed by atoms with van der Waals surface area (Å²) >= 11 is 0. The van der Waals surface area contributed by atoms with E-state index in [-0.39, 0.29) is 23.8 Å². The molecule has 1 aliphatic rings. The van der Waals surface area contributed by atoms with Crippen molar-refractivity contribution in [3.8, 4) is 0 Å². The minimum Gasteiger partial charge on any atom is -0.395 e. The summed E-state index contributed by atoms with van der Waals surface area (Å²) in [6.07, 6.45) is 0.717. The summed E-state index contributed by atoms with van der Waals surface area (Å²) in [4.78, 5) is 13.2. The summed E-state index contributed by atoms with van der Waals surface area (Å²) < 4.78 is 26.9. The molecule has 0 aromatic heterocycles. The van der Waals surface area contributed by atoms with Gasteiger partial charge in [-0.25, -0.2) is 13.1 Å². The molecule has 1 aliphatic heterocycles. The third kappa shape index (κ3) is 2.70. The number of fused-ring (bicyclic) bond motifs is 1. The Hall–Kier alpha value is -1.44. The molecule has 1 aromatic carbocycles. The van der Waals surface area contributed by atoms with Gasteiger partial charge in [0.1, 0.15) is 0 Å². The Bertz CT molecular complexity index is 623. The number of hydrogen-bond acceptors (Lipinski definition) is 4. The Morgan fingerprint density at radius 3 is 2.75 bits per heavy atom. The maximum absolute atomic E-state index is 12.2. The molecule has 1 heterocycles. The first kappa shape index (κ1) is 15.0. The van der Waals surface area contributed by atoms with Crippen molar-refractivity contribution in [3.05, 3.63) is 23.8 Å². The van der Waals surface area contributed by atoms with Gasteiger partial charge in [-0.15, -0.1) is 0 Å². The zero-order valence-corrected chi connectivity index (χ0v) is 12.3. The van der Waals surface area contributed by atoms with Gasteiger partial charge in [-0.2, -0.15) is 0 Å². The van der Waals surface area contributed by atoms with Crippen molar-refractivity contribution in [2.45, 2.75) is 30.7 Å². The van der Waals surface area contributed by atoms with Gasteiger partial charge in [-0.3, -0.25) is 4.79 Å². The normalized spacial score (nSPS) is 16.4. The average Bonchev–Trinajstić information content (AvgIpc) is 2.71. The second kappa shape index (κ2) is 5.51. The van der Waals surface area contributed by atoms with E-state index in [4.69, 9.17) is 5.11 Å². The second-order valence-corrected chi connectivity index (χ2v) is 6.54. The molecule has 0 aliphatic carbocycles. The molecule has 2 N–H and O–H groups in total. The molecule has 110 valence electrons. The highest BCUT2D eigenvalue weighted by Gasteiger charge is 2.26. The molecule has 0 saturated carbocycles. The number of carbonyl (C=O) groups is 1. The third-order valence-corrected chi connectivity index (χ3v) is 4.99. The number of sulfonamides is 1. The Morgan fingerprint density at radius 1 is 1.45 bits per heavy atom. The molecule has 0 unspecified atom stereocenters. The van der Waals surface area contributed by atoms with Crippen molar-refractivity contribution < 1.29 is 18.3 Å². The van der Waals surface area contributed by atoms with Gasteiger partial charge in [-0.05, 0) is 30.2 Å². The van der Waals surface area contributed by atoms with Gasteiger partial charge < -0.3 is 10.0 Å². The van der Waals surface area contributed by atoms with Gasteiger partial charge in [0.25, 0.3) is 0 Å². The highest BCUT2D eigenvalue weighted by molar-refractivity contribution is 7.89. The van der Waals surface area contributed by atoms with Crippen molar-refractivity contribution in [3.63, 3.8) is 0 Å². The highest BCUT2D eigenvalue weighted by atomic mass is 32.2. The van der Waals surface area contributed by atoms with Crippen LogP contribution in [-0.2, 0) is 21.2 Å². The summed E-state index contributed by atoms with van der Waals surface area (Å²) in [5, 5.41) is 9.08. The van der Waals surface area contributed by atoms with Crippen LogP contribution in [-0.4, -0.2) is 39.1 Å². The Labute approximate surface area is 118 Å². The van der Waals surface area contributed by atoms with Crippen LogP contribution in [0.5, 0.6) is 0 Å². The fourth-order valence-electron chi connectivity index (χ4n) is 2.15. The number of amides is 1. The molecule has 0 saturated heterocycles. The van der Waals surface area contributed by atoms with Crippen molar-refractivity contribution in [2.24, 2.45) is 0 Å². The zero-order valence-electron chi connectivity index (χ0n) is 11.5. The molecule has 1 amide bonds. The van der Waals surface area contributed by atoms with Crippen LogP contribution in [0.2, 0.25) is 0 Å². The molecule has 1 aromatic rings. The molecule has 0 fully saturated rings. The number of likely N-dealkylation sites (N-methyl/N-ethyl adjacent to an activating group) is 1. The summed E-state index contributed by atoms with van der Waals surface area (Å²) in [6.45, 7) is 1.54. The van der Waals surface area contributed by atoms with Crippen molar-refractivity contribution in [1.82, 2.24) is 4.72 Å². The summed E-state index contributed by atoms with van der Waals surface area (Å²) in [6, 6.07) is 4.12. The first-order valence-corrected chi connectivity index (χ1v) is 7.90. The maximum atomic E-state index is 12.2. The Balaban J connectivity index is 2.31. The van der Waals surface area contributed by atoms with E-state index in [1.165, 1.54) is 17.0 Å². The third-order valence-electron chi connectivity index (χ3n) is 3.47. The molecular formula is C13H18N2O4S. The number of aliphatic hydroxyl groups is 1. The van der Waals surface area contributed by atoms with Gasteiger partial charge in [0.2, 0.25) is 15.9 Å². The monoisotopic (exact) mass is 298 g/mol. The predicted octanol–water partition coefficient (Wildman–Crippen LogP) is 0.255. The molecule has 0 spiro atoms. The fraction of sp³-hybridized carbons (Fsp3) is 0.462. The molecule has 0 bridgehead atoms. The van der Waals surface area contributed by atoms with Crippen LogP contribution in [0.25, 0.3) is 0 Å². The SMILES string of the molecule is CC[C@H](CO)NS(=O)(=O)c1ccc2c(c1)CC(=O)N2C. The van der Waals surface area contributed by atoms with E-state index in [1.54, 1.807) is 20.0 Å². The van der Waals surface area contributed by atoms with E-state index in [9.17, 15) is 13.2 Å². The molecule has 7 heteroatoms. The summed E-state index contributed by atoms with van der Waals surface area (Å²) in [5.41, 5.74) is 1.44. The zero-order chi connectivity index (χ0) is 14.9. The number of nitrogens with zero attached hydrogens (tertiary/aromatic N) is 1. The maximum Gasteiger partial charge on any atom is 0.240 e. The molecule has 20 heavy (non-hydrogen) atoms. The van der Waals surface area contributed by atoms with Crippen LogP contribution < -0.4 is 9.62 Å². The molecule has 1 atom stereocenters. The van der Waals surface area contributed by atoms with Crippen LogP contribution >= 0.6 is 0 Å². The van der Waals surface area contributed by atoms with Gasteiger partial charge >= 0.3 is 0 Å². The largest absolute Gasteiger partial charge is 0.395 e. The predicted molar refractivity (Wildman–Crippen MR) is 75.0 cm³/mol. The van der Waals surface area contributed by atoms with E-state index >= 15 is 0 Å². The summed E-state index contributed by atoms with van der Waals surface area (Å²) in [7, 11) is -2.01. The lowest BCUT2D eigenvalue weighted by atomic mass is 10.2. The number of hydrogen-bond donors (Lipinski definition) is 2. The van der Waals surface area contributed by atoms with Gasteiger partial charge in [0.15, 0.2) is 0 Å². The minimum absolute atomic E-state index is 0.0516. The lowest BCUT2D eigenvalue weighted by Crippen LogP contribution is -2.36. The van der Waals surface area contributed by atoms with E-state index in [1.807, 2.05) is 0 Å². The first-order valence-electron chi connectivity index (χ1n) is 6.41. The Kier molecular flexibility index (Phi) is 4.12. The number of benzene rings is 1. The van der Waals surface area contributed by atoms with Crippen LogP contribution in [0.1, 0.15) is 18.9 Å². The van der Waals surface area contributed by atoms with E-state index in [0.29, 0.717) is 12.0 Å². The quantitative estimate of drug-likeness (QED) is 0.816. The van der Waals surface area contributed by atoms with Gasteiger partial charge in [0, 0.05) is 18.8 Å². The lowest BCUT2D eigenvalue weighted by molar-refractivity contribution is -0.117. The molecule has 2 rings (SSSR count). The number of carbonyl (C=O) groups excluding carboxylic acids is 1. The van der Waals surface area contributed by atoms with Crippen LogP contribution in [0.4, 0.5) is 5.69 Å². The number of anilines is 1. The molecular weight excluding hydrogens is 280 g/mol. The average molecular weight is 298 g/mol. The van der Waals surface area contributed by atoms with Crippen molar-refractivity contribution in [2.75, 3.05) is 18.6 Å². The molecule has 6 nitrogen and oxygen atoms in total. The van der Waals surface area contributed by atoms with Gasteiger partial charge in [0.05, 0.1) is 17.9 Å². The standard InChI is InChI=1S/C13H18N2O4S/c1-3-10(8-16)14-20(18,19)11-4-5-12-9(6-11)7-13(17)15(12)2/h4-6,10,14,16H,3,7-8H2,1-2H3/t10-/m1/s1. The highest BCUT2D eigenvalue weighted by Crippen LogP contribution is 2.29. The van der Waals surface area contributed by atoms with Crippen LogP contribution in [0, 0.1) is 0 Å². The second-order valence-electron chi connectivity index (χ2n) is 4.83. The van der Waals surface area contributed by atoms with E-state index in [0.717, 1.165) is 5.69 Å². The smallest absolute Gasteiger partial charge is 0.240 e. The Morgan fingerprint density at radius 2 is 2.15 bits per heavy atom. The van der Waals surface area contributed by atoms with Crippen molar-refractivity contribution in [1.29, 1.82) is 0 Å². The van der Waals surface area contributed by atoms with E-state index < -0.39 is 16.1 Å². The minimum atomic E-state index is -3.68. The fourth-order valence-corrected chi connectivity index (χ4v) is 3.51.